The van der Waals surface area contributed by atoms with Crippen LogP contribution in [0.5, 0.6) is 0 Å². The van der Waals surface area contributed by atoms with Gasteiger partial charge in [0.2, 0.25) is 0 Å². The summed E-state index contributed by atoms with van der Waals surface area (Å²) in [5, 5.41) is 20.5. The van der Waals surface area contributed by atoms with Gasteiger partial charge in [0.15, 0.2) is 5.82 Å². The Bertz CT molecular complexity index is 911. The van der Waals surface area contributed by atoms with E-state index in [1.165, 1.54) is 11.1 Å². The van der Waals surface area contributed by atoms with Crippen molar-refractivity contribution < 1.29 is 0 Å². The molecule has 0 saturated heterocycles. The van der Waals surface area contributed by atoms with Crippen molar-refractivity contribution in [1.82, 2.24) is 15.2 Å². The average Bonchev–Trinajstić information content (AvgIpc) is 3.19. The van der Waals surface area contributed by atoms with E-state index in [0.29, 0.717) is 17.5 Å². The molecule has 0 amide bonds. The first-order valence-corrected chi connectivity index (χ1v) is 9.27. The number of nitrogens with one attached hydrogen (secondary N) is 2. The molecule has 2 N–H and O–H groups in total. The number of thiophene rings is 2. The van der Waals surface area contributed by atoms with Crippen molar-refractivity contribution in [1.29, 1.82) is 0 Å². The summed E-state index contributed by atoms with van der Waals surface area (Å²) in [6.45, 7) is 5.90. The van der Waals surface area contributed by atoms with Crippen molar-refractivity contribution in [2.45, 2.75) is 20.8 Å². The summed E-state index contributed by atoms with van der Waals surface area (Å²) in [7, 11) is 0. The maximum Gasteiger partial charge on any atom is 0.265 e. The smallest absolute Gasteiger partial charge is 0.260 e. The van der Waals surface area contributed by atoms with Crippen LogP contribution in [0.4, 0.5) is 11.8 Å². The van der Waals surface area contributed by atoms with Crippen molar-refractivity contribution in [3.05, 3.63) is 49.5 Å². The molecule has 7 nitrogen and oxygen atoms in total. The molecule has 0 aromatic carbocycles. The van der Waals surface area contributed by atoms with E-state index in [1.807, 2.05) is 37.6 Å². The van der Waals surface area contributed by atoms with Crippen LogP contribution in [0.2, 0.25) is 0 Å². The molecule has 0 aliphatic rings. The Kier molecular flexibility index (Phi) is 5.46. The Morgan fingerprint density at radius 1 is 0.880 bits per heavy atom. The fourth-order valence-electron chi connectivity index (χ4n) is 1.87. The maximum atomic E-state index is 4.34. The van der Waals surface area contributed by atoms with Crippen LogP contribution in [0.3, 0.4) is 0 Å². The monoisotopic (exact) mass is 371 g/mol. The van der Waals surface area contributed by atoms with Gasteiger partial charge in [0, 0.05) is 9.75 Å². The minimum Gasteiger partial charge on any atom is -0.260 e. The Hall–Kier alpha value is -2.65. The van der Waals surface area contributed by atoms with Gasteiger partial charge in [-0.3, -0.25) is 5.43 Å². The molecular weight excluding hydrogens is 354 g/mol. The molecule has 0 spiro atoms. The lowest BCUT2D eigenvalue weighted by Crippen LogP contribution is -2.05. The van der Waals surface area contributed by atoms with Gasteiger partial charge in [0.25, 0.3) is 5.95 Å². The Balaban J connectivity index is 1.66. The lowest BCUT2D eigenvalue weighted by molar-refractivity contribution is 0.922. The molecule has 0 aliphatic carbocycles. The summed E-state index contributed by atoms with van der Waals surface area (Å²) < 4.78 is 0. The van der Waals surface area contributed by atoms with Crippen LogP contribution in [-0.2, 0) is 0 Å². The van der Waals surface area contributed by atoms with E-state index in [0.717, 1.165) is 9.75 Å². The number of rotatable bonds is 6. The van der Waals surface area contributed by atoms with Crippen LogP contribution in [0, 0.1) is 20.8 Å². The van der Waals surface area contributed by atoms with Crippen molar-refractivity contribution in [3.8, 4) is 0 Å². The largest absolute Gasteiger partial charge is 0.265 e. The first-order valence-electron chi connectivity index (χ1n) is 7.51. The number of hydrogen-bond donors (Lipinski definition) is 2. The number of aryl methyl sites for hydroxylation is 3. The fourth-order valence-corrected chi connectivity index (χ4v) is 3.44. The van der Waals surface area contributed by atoms with Crippen LogP contribution in [0.25, 0.3) is 0 Å². The van der Waals surface area contributed by atoms with Gasteiger partial charge in [-0.2, -0.15) is 15.2 Å². The van der Waals surface area contributed by atoms with Gasteiger partial charge in [0.05, 0.1) is 12.4 Å². The normalized spacial score (nSPS) is 11.5. The van der Waals surface area contributed by atoms with E-state index < -0.39 is 0 Å². The van der Waals surface area contributed by atoms with Crippen molar-refractivity contribution >= 4 is 46.9 Å². The highest BCUT2D eigenvalue weighted by molar-refractivity contribution is 7.12. The summed E-state index contributed by atoms with van der Waals surface area (Å²) in [4.78, 5) is 6.52. The van der Waals surface area contributed by atoms with Crippen LogP contribution in [-0.4, -0.2) is 27.6 Å². The minimum atomic E-state index is 0.307. The third-order valence-electron chi connectivity index (χ3n) is 3.36. The first kappa shape index (κ1) is 17.2. The Morgan fingerprint density at radius 3 is 2.04 bits per heavy atom. The number of nitrogens with zero attached hydrogens (tertiary/aromatic N) is 5. The number of aromatic nitrogens is 3. The quantitative estimate of drug-likeness (QED) is 0.508. The highest BCUT2D eigenvalue weighted by Gasteiger charge is 2.04. The van der Waals surface area contributed by atoms with Gasteiger partial charge in [-0.25, -0.2) is 5.43 Å². The third kappa shape index (κ3) is 4.46. The van der Waals surface area contributed by atoms with Crippen molar-refractivity contribution in [2.24, 2.45) is 10.2 Å². The van der Waals surface area contributed by atoms with E-state index in [-0.39, 0.29) is 0 Å². The molecule has 128 valence electrons. The predicted molar refractivity (Wildman–Crippen MR) is 105 cm³/mol. The molecular formula is C16H17N7S2. The molecule has 0 fully saturated rings. The van der Waals surface area contributed by atoms with Gasteiger partial charge in [-0.1, -0.05) is 0 Å². The standard InChI is InChI=1S/C16H17N7S2/c1-10-4-6-24-13(10)8-17-21-15-12(3)20-23-16(19-15)22-18-9-14-11(2)5-7-25-14/h4-9H,1-3H3,(H2,19,21,22,23)/b17-8+,18-9+. The lowest BCUT2D eigenvalue weighted by atomic mass is 10.3. The van der Waals surface area contributed by atoms with Gasteiger partial charge in [-0.05, 0) is 54.8 Å². The van der Waals surface area contributed by atoms with E-state index >= 15 is 0 Å². The van der Waals surface area contributed by atoms with E-state index in [1.54, 1.807) is 35.1 Å². The van der Waals surface area contributed by atoms with E-state index in [9.17, 15) is 0 Å². The molecule has 0 saturated carbocycles. The van der Waals surface area contributed by atoms with Crippen molar-refractivity contribution in [3.63, 3.8) is 0 Å². The van der Waals surface area contributed by atoms with Gasteiger partial charge < -0.3 is 0 Å². The van der Waals surface area contributed by atoms with Crippen LogP contribution >= 0.6 is 22.7 Å². The Morgan fingerprint density at radius 2 is 1.48 bits per heavy atom. The second-order valence-electron chi connectivity index (χ2n) is 5.25. The molecule has 0 bridgehead atoms. The molecule has 3 aromatic heterocycles. The molecule has 3 heterocycles. The Labute approximate surface area is 153 Å². The molecule has 0 aliphatic heterocycles. The molecule has 25 heavy (non-hydrogen) atoms. The second-order valence-corrected chi connectivity index (χ2v) is 7.14. The van der Waals surface area contributed by atoms with Crippen LogP contribution in [0.1, 0.15) is 26.6 Å². The topological polar surface area (TPSA) is 87.5 Å². The van der Waals surface area contributed by atoms with Gasteiger partial charge in [-0.15, -0.1) is 32.9 Å². The predicted octanol–water partition coefficient (Wildman–Crippen LogP) is 3.81. The van der Waals surface area contributed by atoms with Gasteiger partial charge >= 0.3 is 0 Å². The minimum absolute atomic E-state index is 0.307. The number of hydrazone groups is 2. The summed E-state index contributed by atoms with van der Waals surface area (Å²) in [5.74, 6) is 0.839. The molecule has 3 rings (SSSR count). The van der Waals surface area contributed by atoms with Crippen LogP contribution < -0.4 is 10.9 Å². The summed E-state index contributed by atoms with van der Waals surface area (Å²) in [6.07, 6.45) is 3.51. The highest BCUT2D eigenvalue weighted by atomic mass is 32.1. The van der Waals surface area contributed by atoms with Gasteiger partial charge in [0.1, 0.15) is 5.69 Å². The average molecular weight is 371 g/mol. The van der Waals surface area contributed by atoms with Crippen LogP contribution in [0.15, 0.2) is 33.1 Å². The fraction of sp³-hybridized carbons (Fsp3) is 0.188. The third-order valence-corrected chi connectivity index (χ3v) is 5.26. The van der Waals surface area contributed by atoms with E-state index in [4.69, 9.17) is 0 Å². The first-order chi connectivity index (χ1) is 12.1. The zero-order chi connectivity index (χ0) is 17.6. The lowest BCUT2D eigenvalue weighted by Gasteiger charge is -2.04. The summed E-state index contributed by atoms with van der Waals surface area (Å²) >= 11 is 3.26. The number of anilines is 2. The summed E-state index contributed by atoms with van der Waals surface area (Å²) in [5.41, 5.74) is 8.72. The second kappa shape index (κ2) is 7.95. The highest BCUT2D eigenvalue weighted by Crippen LogP contribution is 2.14. The maximum absolute atomic E-state index is 4.34. The zero-order valence-corrected chi connectivity index (χ0v) is 15.6. The van der Waals surface area contributed by atoms with E-state index in [2.05, 4.69) is 42.3 Å². The zero-order valence-electron chi connectivity index (χ0n) is 14.0. The molecule has 9 heteroatoms. The molecule has 0 atom stereocenters. The summed E-state index contributed by atoms with van der Waals surface area (Å²) in [6, 6.07) is 4.10. The molecule has 0 unspecified atom stereocenters. The van der Waals surface area contributed by atoms with Crippen molar-refractivity contribution in [2.75, 3.05) is 10.9 Å². The molecule has 0 radical (unpaired) electrons. The SMILES string of the molecule is Cc1ccsc1/C=N/Nc1nnc(C)c(N/N=C/c2sccc2C)n1. The number of hydrogen-bond acceptors (Lipinski definition) is 9. The molecule has 3 aromatic rings.